The Morgan fingerprint density at radius 1 is 0.895 bits per heavy atom. The largest absolute Gasteiger partial charge is 0.417 e. The molecule has 1 heterocycles. The second kappa shape index (κ2) is 4.56. The van der Waals surface area contributed by atoms with Gasteiger partial charge < -0.3 is 0 Å². The van der Waals surface area contributed by atoms with E-state index in [0.717, 1.165) is 11.3 Å². The monoisotopic (exact) mass is 295 g/mol. The van der Waals surface area contributed by atoms with Gasteiger partial charge in [0.2, 0.25) is 0 Å². The van der Waals surface area contributed by atoms with E-state index < -0.39 is 29.0 Å². The van der Waals surface area contributed by atoms with Crippen molar-refractivity contribution in [2.24, 2.45) is 0 Å². The summed E-state index contributed by atoms with van der Waals surface area (Å²) in [5, 5.41) is 2.67. The maximum Gasteiger partial charge on any atom is 0.417 e. The van der Waals surface area contributed by atoms with Crippen LogP contribution in [0.2, 0.25) is 0 Å². The third kappa shape index (κ3) is 2.75. The lowest BCUT2D eigenvalue weighted by Crippen LogP contribution is -2.13. The smallest absolute Gasteiger partial charge is 0.166 e. The molecule has 1 aromatic carbocycles. The van der Waals surface area contributed by atoms with Crippen LogP contribution in [0.25, 0.3) is 11.1 Å². The van der Waals surface area contributed by atoms with E-state index in [1.807, 2.05) is 6.07 Å². The predicted octanol–water partition coefficient (Wildman–Crippen LogP) is 5.25. The SMILES string of the molecule is FC(F)(F)c1c[c]cc(C(F)(F)F)c1-c1ccsc1. The van der Waals surface area contributed by atoms with Crippen molar-refractivity contribution in [3.63, 3.8) is 0 Å². The average Bonchev–Trinajstić information content (AvgIpc) is 2.78. The number of benzene rings is 1. The van der Waals surface area contributed by atoms with Crippen molar-refractivity contribution < 1.29 is 26.3 Å². The van der Waals surface area contributed by atoms with Gasteiger partial charge in [-0.15, -0.1) is 0 Å². The van der Waals surface area contributed by atoms with E-state index in [9.17, 15) is 26.3 Å². The lowest BCUT2D eigenvalue weighted by atomic mass is 9.95. The minimum Gasteiger partial charge on any atom is -0.166 e. The van der Waals surface area contributed by atoms with Crippen LogP contribution in [0, 0.1) is 6.07 Å². The summed E-state index contributed by atoms with van der Waals surface area (Å²) < 4.78 is 76.9. The van der Waals surface area contributed by atoms with Crippen molar-refractivity contribution in [3.05, 3.63) is 46.2 Å². The molecule has 0 amide bonds. The van der Waals surface area contributed by atoms with Crippen LogP contribution in [-0.2, 0) is 12.4 Å². The van der Waals surface area contributed by atoms with Crippen molar-refractivity contribution in [2.75, 3.05) is 0 Å². The molecule has 0 bridgehead atoms. The van der Waals surface area contributed by atoms with Crippen LogP contribution in [0.15, 0.2) is 29.0 Å². The summed E-state index contributed by atoms with van der Waals surface area (Å²) in [4.78, 5) is 0. The van der Waals surface area contributed by atoms with Crippen molar-refractivity contribution in [2.45, 2.75) is 12.4 Å². The van der Waals surface area contributed by atoms with Gasteiger partial charge in [-0.3, -0.25) is 0 Å². The molecule has 0 fully saturated rings. The van der Waals surface area contributed by atoms with Crippen LogP contribution in [0.5, 0.6) is 0 Å². The average molecular weight is 295 g/mol. The van der Waals surface area contributed by atoms with Gasteiger partial charge >= 0.3 is 12.4 Å². The van der Waals surface area contributed by atoms with Crippen LogP contribution in [0.1, 0.15) is 11.1 Å². The van der Waals surface area contributed by atoms with Gasteiger partial charge in [0.05, 0.1) is 11.1 Å². The van der Waals surface area contributed by atoms with E-state index in [4.69, 9.17) is 0 Å². The molecule has 0 saturated heterocycles. The van der Waals surface area contributed by atoms with Crippen LogP contribution >= 0.6 is 11.3 Å². The molecule has 101 valence electrons. The minimum absolute atomic E-state index is 0.0985. The molecule has 0 aliphatic rings. The van der Waals surface area contributed by atoms with Gasteiger partial charge in [-0.25, -0.2) is 0 Å². The summed E-state index contributed by atoms with van der Waals surface area (Å²) in [6.45, 7) is 0. The Morgan fingerprint density at radius 2 is 1.42 bits per heavy atom. The Kier molecular flexibility index (Phi) is 3.34. The van der Waals surface area contributed by atoms with Crippen molar-refractivity contribution in [1.29, 1.82) is 0 Å². The molecule has 7 heteroatoms. The van der Waals surface area contributed by atoms with E-state index in [-0.39, 0.29) is 5.56 Å². The summed E-state index contributed by atoms with van der Waals surface area (Å²) in [5.41, 5.74) is -3.61. The first-order valence-corrected chi connectivity index (χ1v) is 5.86. The van der Waals surface area contributed by atoms with Crippen LogP contribution < -0.4 is 0 Å². The molecule has 0 spiro atoms. The normalized spacial score (nSPS) is 12.7. The molecule has 0 atom stereocenters. The molecule has 0 unspecified atom stereocenters. The van der Waals surface area contributed by atoms with Crippen LogP contribution in [-0.4, -0.2) is 0 Å². The number of halogens is 6. The van der Waals surface area contributed by atoms with Gasteiger partial charge in [0.15, 0.2) is 0 Å². The Morgan fingerprint density at radius 3 is 1.79 bits per heavy atom. The quantitative estimate of drug-likeness (QED) is 0.630. The fraction of sp³-hybridized carbons (Fsp3) is 0.167. The Labute approximate surface area is 108 Å². The van der Waals surface area contributed by atoms with Gasteiger partial charge in [-0.05, 0) is 40.6 Å². The summed E-state index contributed by atoms with van der Waals surface area (Å²) in [5.74, 6) is 0. The summed E-state index contributed by atoms with van der Waals surface area (Å²) in [6.07, 6.45) is -9.73. The number of alkyl halides is 6. The van der Waals surface area contributed by atoms with Crippen LogP contribution in [0.3, 0.4) is 0 Å². The molecular weight excluding hydrogens is 290 g/mol. The van der Waals surface area contributed by atoms with Crippen molar-refractivity contribution >= 4 is 11.3 Å². The standard InChI is InChI=1S/C12H5F6S/c13-11(14,15)8-2-1-3-9(12(16,17)18)10(8)7-4-5-19-6-7/h2-6H. The predicted molar refractivity (Wildman–Crippen MR) is 58.6 cm³/mol. The molecule has 1 aromatic heterocycles. The third-order valence-corrected chi connectivity index (χ3v) is 3.10. The Hall–Kier alpha value is -1.50. The molecule has 2 aromatic rings. The summed E-state index contributed by atoms with van der Waals surface area (Å²) in [7, 11) is 0. The van der Waals surface area contributed by atoms with Crippen molar-refractivity contribution in [1.82, 2.24) is 0 Å². The number of hydrogen-bond acceptors (Lipinski definition) is 1. The van der Waals surface area contributed by atoms with Gasteiger partial charge in [-0.1, -0.05) is 0 Å². The highest BCUT2D eigenvalue weighted by molar-refractivity contribution is 7.08. The first-order chi connectivity index (χ1) is 8.71. The topological polar surface area (TPSA) is 0 Å². The second-order valence-electron chi connectivity index (χ2n) is 3.67. The summed E-state index contributed by atoms with van der Waals surface area (Å²) >= 11 is 1.03. The third-order valence-electron chi connectivity index (χ3n) is 2.41. The van der Waals surface area contributed by atoms with Crippen molar-refractivity contribution in [3.8, 4) is 11.1 Å². The molecule has 0 N–H and O–H groups in total. The maximum absolute atomic E-state index is 12.8. The highest BCUT2D eigenvalue weighted by atomic mass is 32.1. The number of rotatable bonds is 1. The molecule has 0 nitrogen and oxygen atoms in total. The van der Waals surface area contributed by atoms with Gasteiger partial charge in [0.25, 0.3) is 0 Å². The molecule has 1 radical (unpaired) electrons. The number of hydrogen-bond donors (Lipinski definition) is 0. The molecule has 0 aliphatic heterocycles. The highest BCUT2D eigenvalue weighted by Crippen LogP contribution is 2.44. The van der Waals surface area contributed by atoms with E-state index in [1.165, 1.54) is 16.8 Å². The Bertz CT molecular complexity index is 533. The molecule has 2 rings (SSSR count). The minimum atomic E-state index is -4.87. The van der Waals surface area contributed by atoms with E-state index in [1.54, 1.807) is 0 Å². The fourth-order valence-corrected chi connectivity index (χ4v) is 2.31. The van der Waals surface area contributed by atoms with E-state index in [2.05, 4.69) is 0 Å². The molecule has 0 aliphatic carbocycles. The zero-order valence-electron chi connectivity index (χ0n) is 9.06. The first-order valence-electron chi connectivity index (χ1n) is 4.92. The zero-order valence-corrected chi connectivity index (χ0v) is 9.88. The van der Waals surface area contributed by atoms with E-state index in [0.29, 0.717) is 12.1 Å². The molecular formula is C12H5F6S. The van der Waals surface area contributed by atoms with Crippen LogP contribution in [0.4, 0.5) is 26.3 Å². The zero-order chi connectivity index (χ0) is 14.3. The maximum atomic E-state index is 12.8. The van der Waals surface area contributed by atoms with Gasteiger partial charge in [-0.2, -0.15) is 37.7 Å². The summed E-state index contributed by atoms with van der Waals surface area (Å²) in [6, 6.07) is 4.20. The highest BCUT2D eigenvalue weighted by Gasteiger charge is 2.40. The van der Waals surface area contributed by atoms with Gasteiger partial charge in [0.1, 0.15) is 0 Å². The lowest BCUT2D eigenvalue weighted by molar-refractivity contribution is -0.142. The van der Waals surface area contributed by atoms with E-state index >= 15 is 0 Å². The van der Waals surface area contributed by atoms with Gasteiger partial charge in [0, 0.05) is 5.56 Å². The number of thiophene rings is 1. The second-order valence-corrected chi connectivity index (χ2v) is 4.45. The molecule has 19 heavy (non-hydrogen) atoms. The molecule has 0 saturated carbocycles. The first kappa shape index (κ1) is 13.9. The Balaban J connectivity index is 2.78. The lowest BCUT2D eigenvalue weighted by Gasteiger charge is -2.17. The fourth-order valence-electron chi connectivity index (χ4n) is 1.66.